The lowest BCUT2D eigenvalue weighted by Gasteiger charge is -2.09. The second-order valence-corrected chi connectivity index (χ2v) is 6.67. The first-order valence-electron chi connectivity index (χ1n) is 4.92. The summed E-state index contributed by atoms with van der Waals surface area (Å²) in [6.07, 6.45) is 1.91. The van der Waals surface area contributed by atoms with Crippen molar-refractivity contribution in [2.45, 2.75) is 11.8 Å². The number of nitrogen functional groups attached to an aromatic ring is 1. The zero-order chi connectivity index (χ0) is 13.1. The molecule has 0 fully saturated rings. The van der Waals surface area contributed by atoms with Gasteiger partial charge in [0.25, 0.3) is 0 Å². The fraction of sp³-hybridized carbons (Fsp3) is 0.400. The van der Waals surface area contributed by atoms with Crippen molar-refractivity contribution in [3.05, 3.63) is 22.7 Å². The molecule has 7 heteroatoms. The van der Waals surface area contributed by atoms with Crippen LogP contribution in [0.5, 0.6) is 0 Å². The Hall–Kier alpha value is -0.430. The largest absolute Gasteiger partial charge is 0.398 e. The van der Waals surface area contributed by atoms with Crippen LogP contribution in [0, 0.1) is 6.92 Å². The van der Waals surface area contributed by atoms with E-state index in [1.165, 1.54) is 12.1 Å². The molecule has 1 aromatic rings. The van der Waals surface area contributed by atoms with Gasteiger partial charge in [0.1, 0.15) is 0 Å². The second kappa shape index (κ2) is 5.95. The fourth-order valence-electron chi connectivity index (χ4n) is 1.19. The maximum absolute atomic E-state index is 11.9. The van der Waals surface area contributed by atoms with Crippen molar-refractivity contribution < 1.29 is 8.42 Å². The zero-order valence-corrected chi connectivity index (χ0v) is 12.0. The molecule has 3 N–H and O–H groups in total. The van der Waals surface area contributed by atoms with Crippen LogP contribution < -0.4 is 10.5 Å². The smallest absolute Gasteiger partial charge is 0.240 e. The van der Waals surface area contributed by atoms with E-state index >= 15 is 0 Å². The highest BCUT2D eigenvalue weighted by Crippen LogP contribution is 2.25. The van der Waals surface area contributed by atoms with Crippen LogP contribution in [0.15, 0.2) is 17.0 Å². The summed E-state index contributed by atoms with van der Waals surface area (Å²) in [4.78, 5) is 0.103. The minimum absolute atomic E-state index is 0.103. The first kappa shape index (κ1) is 14.6. The summed E-state index contributed by atoms with van der Waals surface area (Å²) in [7, 11) is -3.52. The SMILES string of the molecule is CSCCNS(=O)(=O)c1cc(N)c(C)c(Cl)c1. The van der Waals surface area contributed by atoms with E-state index in [1.807, 2.05) is 6.26 Å². The molecule has 0 amide bonds. The van der Waals surface area contributed by atoms with Gasteiger partial charge in [-0.1, -0.05) is 11.6 Å². The van der Waals surface area contributed by atoms with Gasteiger partial charge in [-0.3, -0.25) is 0 Å². The molecule has 1 aromatic carbocycles. The molecule has 0 spiro atoms. The Balaban J connectivity index is 2.99. The lowest BCUT2D eigenvalue weighted by Crippen LogP contribution is -2.26. The van der Waals surface area contributed by atoms with Gasteiger partial charge >= 0.3 is 0 Å². The summed E-state index contributed by atoms with van der Waals surface area (Å²) < 4.78 is 26.3. The second-order valence-electron chi connectivity index (χ2n) is 3.51. The number of nitrogens with two attached hydrogens (primary N) is 1. The number of sulfonamides is 1. The quantitative estimate of drug-likeness (QED) is 0.642. The summed E-state index contributed by atoms with van der Waals surface area (Å²) in [5.74, 6) is 0.717. The maximum Gasteiger partial charge on any atom is 0.240 e. The molecule has 0 atom stereocenters. The highest BCUT2D eigenvalue weighted by atomic mass is 35.5. The highest BCUT2D eigenvalue weighted by molar-refractivity contribution is 7.98. The van der Waals surface area contributed by atoms with E-state index < -0.39 is 10.0 Å². The normalized spacial score (nSPS) is 11.7. The average molecular weight is 295 g/mol. The fourth-order valence-corrected chi connectivity index (χ4v) is 3.01. The van der Waals surface area contributed by atoms with Crippen LogP contribution in [0.1, 0.15) is 5.56 Å². The van der Waals surface area contributed by atoms with Crippen molar-refractivity contribution in [3.63, 3.8) is 0 Å². The van der Waals surface area contributed by atoms with Gasteiger partial charge in [-0.15, -0.1) is 0 Å². The molecule has 1 rings (SSSR count). The summed E-state index contributed by atoms with van der Waals surface area (Å²) >= 11 is 7.48. The van der Waals surface area contributed by atoms with Crippen molar-refractivity contribution in [2.24, 2.45) is 0 Å². The van der Waals surface area contributed by atoms with Gasteiger partial charge in [0, 0.05) is 23.0 Å². The van der Waals surface area contributed by atoms with Gasteiger partial charge in [0.2, 0.25) is 10.0 Å². The minimum Gasteiger partial charge on any atom is -0.398 e. The predicted molar refractivity (Wildman–Crippen MR) is 74.2 cm³/mol. The zero-order valence-electron chi connectivity index (χ0n) is 9.66. The van der Waals surface area contributed by atoms with Gasteiger partial charge in [0.05, 0.1) is 4.90 Å². The lowest BCUT2D eigenvalue weighted by atomic mass is 10.2. The average Bonchev–Trinajstić information content (AvgIpc) is 2.25. The third-order valence-electron chi connectivity index (χ3n) is 2.27. The number of thioether (sulfide) groups is 1. The minimum atomic E-state index is -3.52. The summed E-state index contributed by atoms with van der Waals surface area (Å²) in [6, 6.07) is 2.83. The van der Waals surface area contributed by atoms with E-state index in [-0.39, 0.29) is 4.90 Å². The first-order chi connectivity index (χ1) is 7.88. The number of halogens is 1. The standard InChI is InChI=1S/C10H15ClN2O2S2/c1-7-9(11)5-8(6-10(7)12)17(14,15)13-3-4-16-2/h5-6,13H,3-4,12H2,1-2H3. The molecule has 0 bridgehead atoms. The van der Waals surface area contributed by atoms with Crippen molar-refractivity contribution in [2.75, 3.05) is 24.3 Å². The summed E-state index contributed by atoms with van der Waals surface area (Å²) in [5.41, 5.74) is 6.76. The Labute approximate surface area is 111 Å². The van der Waals surface area contributed by atoms with Gasteiger partial charge in [0.15, 0.2) is 0 Å². The van der Waals surface area contributed by atoms with Gasteiger partial charge in [-0.25, -0.2) is 13.1 Å². The number of hydrogen-bond donors (Lipinski definition) is 2. The number of benzene rings is 1. The number of nitrogens with one attached hydrogen (secondary N) is 1. The van der Waals surface area contributed by atoms with Crippen molar-refractivity contribution >= 4 is 39.1 Å². The predicted octanol–water partition coefficient (Wildman–Crippen LogP) is 1.87. The van der Waals surface area contributed by atoms with E-state index in [9.17, 15) is 8.42 Å². The summed E-state index contributed by atoms with van der Waals surface area (Å²) in [6.45, 7) is 2.13. The van der Waals surface area contributed by atoms with Crippen LogP contribution >= 0.6 is 23.4 Å². The maximum atomic E-state index is 11.9. The van der Waals surface area contributed by atoms with Crippen molar-refractivity contribution in [1.82, 2.24) is 4.72 Å². The molecule has 0 aliphatic carbocycles. The number of anilines is 1. The topological polar surface area (TPSA) is 72.2 Å². The van der Waals surface area contributed by atoms with Gasteiger partial charge < -0.3 is 5.73 Å². The molecule has 0 aromatic heterocycles. The lowest BCUT2D eigenvalue weighted by molar-refractivity contribution is 0.584. The molecular formula is C10H15ClN2O2S2. The Morgan fingerprint density at radius 3 is 2.65 bits per heavy atom. The molecule has 0 aliphatic rings. The van der Waals surface area contributed by atoms with E-state index in [4.69, 9.17) is 17.3 Å². The van der Waals surface area contributed by atoms with Crippen LogP contribution in [0.3, 0.4) is 0 Å². The molecular weight excluding hydrogens is 280 g/mol. The van der Waals surface area contributed by atoms with Crippen LogP contribution in [0.25, 0.3) is 0 Å². The van der Waals surface area contributed by atoms with Crippen LogP contribution in [-0.4, -0.2) is 27.0 Å². The van der Waals surface area contributed by atoms with Crippen LogP contribution in [0.4, 0.5) is 5.69 Å². The monoisotopic (exact) mass is 294 g/mol. The molecule has 0 radical (unpaired) electrons. The van der Waals surface area contributed by atoms with E-state index in [0.717, 1.165) is 0 Å². The van der Waals surface area contributed by atoms with E-state index in [1.54, 1.807) is 18.7 Å². The molecule has 0 aliphatic heterocycles. The Morgan fingerprint density at radius 1 is 1.47 bits per heavy atom. The van der Waals surface area contributed by atoms with Gasteiger partial charge in [-0.05, 0) is 30.9 Å². The molecule has 0 heterocycles. The molecule has 4 nitrogen and oxygen atoms in total. The third-order valence-corrected chi connectivity index (χ3v) is 4.71. The molecule has 17 heavy (non-hydrogen) atoms. The summed E-state index contributed by atoms with van der Waals surface area (Å²) in [5, 5.41) is 0.357. The van der Waals surface area contributed by atoms with Crippen molar-refractivity contribution in [3.8, 4) is 0 Å². The molecule has 0 unspecified atom stereocenters. The van der Waals surface area contributed by atoms with E-state index in [0.29, 0.717) is 28.6 Å². The van der Waals surface area contributed by atoms with Crippen LogP contribution in [-0.2, 0) is 10.0 Å². The molecule has 0 saturated heterocycles. The highest BCUT2D eigenvalue weighted by Gasteiger charge is 2.16. The van der Waals surface area contributed by atoms with Crippen LogP contribution in [0.2, 0.25) is 5.02 Å². The number of hydrogen-bond acceptors (Lipinski definition) is 4. The Bertz CT molecular complexity index is 480. The first-order valence-corrected chi connectivity index (χ1v) is 8.18. The third kappa shape index (κ3) is 3.77. The van der Waals surface area contributed by atoms with E-state index in [2.05, 4.69) is 4.72 Å². The molecule has 0 saturated carbocycles. The Kier molecular flexibility index (Phi) is 5.12. The van der Waals surface area contributed by atoms with Gasteiger partial charge in [-0.2, -0.15) is 11.8 Å². The van der Waals surface area contributed by atoms with Crippen molar-refractivity contribution in [1.29, 1.82) is 0 Å². The Morgan fingerprint density at radius 2 is 2.12 bits per heavy atom. The number of rotatable bonds is 5. The molecule has 96 valence electrons.